The number of amides is 1. The molecule has 19 heavy (non-hydrogen) atoms. The van der Waals surface area contributed by atoms with Gasteiger partial charge in [-0.05, 0) is 30.2 Å². The van der Waals surface area contributed by atoms with Crippen LogP contribution in [0.5, 0.6) is 0 Å². The van der Waals surface area contributed by atoms with E-state index < -0.39 is 0 Å². The molecule has 1 amide bonds. The highest BCUT2D eigenvalue weighted by atomic mass is 16.4. The summed E-state index contributed by atoms with van der Waals surface area (Å²) in [6, 6.07) is 7.22. The predicted molar refractivity (Wildman–Crippen MR) is 71.4 cm³/mol. The molecule has 3 N–H and O–H groups in total. The largest absolute Gasteiger partial charge is 0.455 e. The fourth-order valence-electron chi connectivity index (χ4n) is 1.81. The fraction of sp³-hybridized carbons (Fsp3) is 0.286. The third-order valence-electron chi connectivity index (χ3n) is 2.87. The Morgan fingerprint density at radius 1 is 1.42 bits per heavy atom. The lowest BCUT2D eigenvalue weighted by molar-refractivity contribution is 0.0921. The highest BCUT2D eigenvalue weighted by Gasteiger charge is 2.11. The molecule has 0 fully saturated rings. The Kier molecular flexibility index (Phi) is 4.30. The Balaban J connectivity index is 2.00. The summed E-state index contributed by atoms with van der Waals surface area (Å²) in [4.78, 5) is 16.1. The van der Waals surface area contributed by atoms with Gasteiger partial charge in [-0.2, -0.15) is 0 Å². The Labute approximate surface area is 111 Å². The van der Waals surface area contributed by atoms with E-state index in [1.165, 1.54) is 0 Å². The number of nitrogens with one attached hydrogen (secondary N) is 1. The molecule has 0 bridgehead atoms. The summed E-state index contributed by atoms with van der Waals surface area (Å²) in [6.45, 7) is 2.73. The standard InChI is InChI=1S/C14H17N3O2/c1-2-10-4-3-7-16-12(10)9-17-14(18)13-6-5-11(8-15)19-13/h3-7H,2,8-9,15H2,1H3,(H,17,18). The SMILES string of the molecule is CCc1cccnc1CNC(=O)c1ccc(CN)o1. The van der Waals surface area contributed by atoms with Crippen molar-refractivity contribution in [2.45, 2.75) is 26.4 Å². The van der Waals surface area contributed by atoms with E-state index in [1.54, 1.807) is 18.3 Å². The Morgan fingerprint density at radius 2 is 2.26 bits per heavy atom. The van der Waals surface area contributed by atoms with Gasteiger partial charge < -0.3 is 15.5 Å². The second-order valence-corrected chi connectivity index (χ2v) is 4.12. The van der Waals surface area contributed by atoms with Crippen molar-refractivity contribution in [1.29, 1.82) is 0 Å². The number of nitrogens with two attached hydrogens (primary N) is 1. The van der Waals surface area contributed by atoms with Crippen molar-refractivity contribution >= 4 is 5.91 Å². The van der Waals surface area contributed by atoms with Gasteiger partial charge in [0.15, 0.2) is 5.76 Å². The van der Waals surface area contributed by atoms with Crippen molar-refractivity contribution in [2.24, 2.45) is 5.73 Å². The van der Waals surface area contributed by atoms with Gasteiger partial charge in [0.05, 0.1) is 18.8 Å². The van der Waals surface area contributed by atoms with E-state index >= 15 is 0 Å². The van der Waals surface area contributed by atoms with E-state index in [1.807, 2.05) is 12.1 Å². The first-order chi connectivity index (χ1) is 9.24. The van der Waals surface area contributed by atoms with Crippen LogP contribution in [0.2, 0.25) is 0 Å². The van der Waals surface area contributed by atoms with Crippen LogP contribution in [0.3, 0.4) is 0 Å². The minimum atomic E-state index is -0.257. The molecule has 2 aromatic heterocycles. The van der Waals surface area contributed by atoms with Crippen LogP contribution in [0.1, 0.15) is 34.5 Å². The number of furan rings is 1. The van der Waals surface area contributed by atoms with Gasteiger partial charge in [-0.25, -0.2) is 0 Å². The molecule has 0 radical (unpaired) electrons. The zero-order chi connectivity index (χ0) is 13.7. The summed E-state index contributed by atoms with van der Waals surface area (Å²) in [7, 11) is 0. The summed E-state index contributed by atoms with van der Waals surface area (Å²) in [6.07, 6.45) is 2.61. The first-order valence-electron chi connectivity index (χ1n) is 6.24. The number of hydrogen-bond donors (Lipinski definition) is 2. The lowest BCUT2D eigenvalue weighted by atomic mass is 10.1. The molecule has 2 heterocycles. The Hall–Kier alpha value is -2.14. The quantitative estimate of drug-likeness (QED) is 0.855. The van der Waals surface area contributed by atoms with E-state index in [9.17, 15) is 4.79 Å². The van der Waals surface area contributed by atoms with Gasteiger partial charge in [0.1, 0.15) is 5.76 Å². The van der Waals surface area contributed by atoms with Crippen LogP contribution in [0.15, 0.2) is 34.9 Å². The van der Waals surface area contributed by atoms with Crippen LogP contribution in [0.25, 0.3) is 0 Å². The summed E-state index contributed by atoms with van der Waals surface area (Å²) >= 11 is 0. The molecule has 0 aliphatic rings. The molecule has 0 aromatic carbocycles. The number of aromatic nitrogens is 1. The highest BCUT2D eigenvalue weighted by molar-refractivity contribution is 5.91. The third kappa shape index (κ3) is 3.20. The molecule has 0 unspecified atom stereocenters. The van der Waals surface area contributed by atoms with Crippen LogP contribution in [-0.4, -0.2) is 10.9 Å². The van der Waals surface area contributed by atoms with E-state index in [2.05, 4.69) is 17.2 Å². The van der Waals surface area contributed by atoms with E-state index in [0.29, 0.717) is 12.3 Å². The fourth-order valence-corrected chi connectivity index (χ4v) is 1.81. The van der Waals surface area contributed by atoms with E-state index in [0.717, 1.165) is 17.7 Å². The molecule has 100 valence electrons. The molecule has 5 nitrogen and oxygen atoms in total. The number of carbonyl (C=O) groups is 1. The second kappa shape index (κ2) is 6.15. The summed E-state index contributed by atoms with van der Waals surface area (Å²) < 4.78 is 5.28. The molecule has 0 spiro atoms. The van der Waals surface area contributed by atoms with Crippen molar-refractivity contribution in [1.82, 2.24) is 10.3 Å². The molecule has 0 aliphatic heterocycles. The van der Waals surface area contributed by atoms with Crippen molar-refractivity contribution in [3.05, 3.63) is 53.2 Å². The van der Waals surface area contributed by atoms with Crippen LogP contribution >= 0.6 is 0 Å². The Morgan fingerprint density at radius 3 is 2.95 bits per heavy atom. The topological polar surface area (TPSA) is 81.2 Å². The molecule has 2 rings (SSSR count). The van der Waals surface area contributed by atoms with Crippen molar-refractivity contribution in [3.63, 3.8) is 0 Å². The average molecular weight is 259 g/mol. The van der Waals surface area contributed by atoms with Crippen molar-refractivity contribution in [3.8, 4) is 0 Å². The first kappa shape index (κ1) is 13.3. The summed E-state index contributed by atoms with van der Waals surface area (Å²) in [5, 5.41) is 2.79. The van der Waals surface area contributed by atoms with Gasteiger partial charge in [-0.15, -0.1) is 0 Å². The zero-order valence-corrected chi connectivity index (χ0v) is 10.8. The number of aryl methyl sites for hydroxylation is 1. The van der Waals surface area contributed by atoms with Gasteiger partial charge in [0.25, 0.3) is 5.91 Å². The van der Waals surface area contributed by atoms with Crippen molar-refractivity contribution < 1.29 is 9.21 Å². The van der Waals surface area contributed by atoms with Crippen molar-refractivity contribution in [2.75, 3.05) is 0 Å². The molecule has 0 saturated heterocycles. The predicted octanol–water partition coefficient (Wildman–Crippen LogP) is 1.63. The number of nitrogens with zero attached hydrogens (tertiary/aromatic N) is 1. The van der Waals surface area contributed by atoms with E-state index in [4.69, 9.17) is 10.2 Å². The first-order valence-corrected chi connectivity index (χ1v) is 6.24. The molecule has 5 heteroatoms. The molecular formula is C14H17N3O2. The molecular weight excluding hydrogens is 242 g/mol. The minimum Gasteiger partial charge on any atom is -0.455 e. The highest BCUT2D eigenvalue weighted by Crippen LogP contribution is 2.09. The number of carbonyl (C=O) groups excluding carboxylic acids is 1. The van der Waals surface area contributed by atoms with Crippen LogP contribution < -0.4 is 11.1 Å². The van der Waals surface area contributed by atoms with Gasteiger partial charge >= 0.3 is 0 Å². The maximum atomic E-state index is 11.9. The van der Waals surface area contributed by atoms with Crippen LogP contribution in [0.4, 0.5) is 0 Å². The van der Waals surface area contributed by atoms with Gasteiger partial charge in [-0.1, -0.05) is 13.0 Å². The molecule has 2 aromatic rings. The van der Waals surface area contributed by atoms with Crippen LogP contribution in [-0.2, 0) is 19.5 Å². The summed E-state index contributed by atoms with van der Waals surface area (Å²) in [5.41, 5.74) is 7.44. The maximum Gasteiger partial charge on any atom is 0.287 e. The second-order valence-electron chi connectivity index (χ2n) is 4.12. The smallest absolute Gasteiger partial charge is 0.287 e. The minimum absolute atomic E-state index is 0.257. The maximum absolute atomic E-state index is 11.9. The normalized spacial score (nSPS) is 10.4. The monoisotopic (exact) mass is 259 g/mol. The van der Waals surface area contributed by atoms with Gasteiger partial charge in [-0.3, -0.25) is 9.78 Å². The molecule has 0 atom stereocenters. The third-order valence-corrected chi connectivity index (χ3v) is 2.87. The number of pyridine rings is 1. The van der Waals surface area contributed by atoms with E-state index in [-0.39, 0.29) is 18.2 Å². The number of rotatable bonds is 5. The Bertz CT molecular complexity index is 563. The molecule has 0 aliphatic carbocycles. The van der Waals surface area contributed by atoms with Crippen LogP contribution in [0, 0.1) is 0 Å². The zero-order valence-electron chi connectivity index (χ0n) is 10.8. The molecule has 0 saturated carbocycles. The van der Waals surface area contributed by atoms with Gasteiger partial charge in [0, 0.05) is 6.20 Å². The summed E-state index contributed by atoms with van der Waals surface area (Å²) in [5.74, 6) is 0.610. The number of hydrogen-bond acceptors (Lipinski definition) is 4. The average Bonchev–Trinajstić information content (AvgIpc) is 2.94. The van der Waals surface area contributed by atoms with Gasteiger partial charge in [0.2, 0.25) is 0 Å². The lowest BCUT2D eigenvalue weighted by Crippen LogP contribution is -2.23. The lowest BCUT2D eigenvalue weighted by Gasteiger charge is -2.07.